The molecule has 7 heteroatoms. The van der Waals surface area contributed by atoms with E-state index in [4.69, 9.17) is 9.47 Å². The molecule has 1 heterocycles. The molecule has 0 atom stereocenters. The Labute approximate surface area is 198 Å². The summed E-state index contributed by atoms with van der Waals surface area (Å²) in [5.41, 5.74) is 2.14. The van der Waals surface area contributed by atoms with Crippen LogP contribution in [-0.2, 0) is 6.61 Å². The fourth-order valence-corrected chi connectivity index (χ4v) is 3.95. The van der Waals surface area contributed by atoms with Crippen LogP contribution in [0, 0.1) is 11.7 Å². The van der Waals surface area contributed by atoms with Crippen LogP contribution in [0.2, 0.25) is 0 Å². The lowest BCUT2D eigenvalue weighted by Crippen LogP contribution is -2.42. The Morgan fingerprint density at radius 3 is 2.35 bits per heavy atom. The molecule has 0 radical (unpaired) electrons. The SMILES string of the molecule is COc1ccc(C(=O)C2CCN(C(=O)Nc3cccc(OCc4ccc(F)cc4)c3)CC2)cc1. The number of hydrogen-bond donors (Lipinski definition) is 1. The third-order valence-corrected chi connectivity index (χ3v) is 5.93. The van der Waals surface area contributed by atoms with Gasteiger partial charge in [-0.25, -0.2) is 9.18 Å². The van der Waals surface area contributed by atoms with Crippen molar-refractivity contribution in [2.75, 3.05) is 25.5 Å². The van der Waals surface area contributed by atoms with Crippen LogP contribution >= 0.6 is 0 Å². The highest BCUT2D eigenvalue weighted by Crippen LogP contribution is 2.24. The van der Waals surface area contributed by atoms with Gasteiger partial charge in [0, 0.05) is 36.3 Å². The van der Waals surface area contributed by atoms with Gasteiger partial charge in [-0.2, -0.15) is 0 Å². The number of likely N-dealkylation sites (tertiary alicyclic amines) is 1. The van der Waals surface area contributed by atoms with Gasteiger partial charge < -0.3 is 19.7 Å². The van der Waals surface area contributed by atoms with Gasteiger partial charge in [-0.3, -0.25) is 4.79 Å². The molecule has 0 spiro atoms. The topological polar surface area (TPSA) is 67.9 Å². The second-order valence-electron chi connectivity index (χ2n) is 8.23. The summed E-state index contributed by atoms with van der Waals surface area (Å²) in [4.78, 5) is 27.3. The zero-order valence-electron chi connectivity index (χ0n) is 19.0. The molecule has 2 amide bonds. The first-order chi connectivity index (χ1) is 16.5. The summed E-state index contributed by atoms with van der Waals surface area (Å²) in [5.74, 6) is 1.04. The largest absolute Gasteiger partial charge is 0.497 e. The van der Waals surface area contributed by atoms with E-state index in [2.05, 4.69) is 5.32 Å². The molecule has 0 unspecified atom stereocenters. The van der Waals surface area contributed by atoms with Crippen molar-refractivity contribution in [3.05, 3.63) is 89.7 Å². The maximum absolute atomic E-state index is 13.0. The Bertz CT molecular complexity index is 1120. The summed E-state index contributed by atoms with van der Waals surface area (Å²) in [6.07, 6.45) is 1.25. The number of piperidine rings is 1. The predicted molar refractivity (Wildman–Crippen MR) is 128 cm³/mol. The maximum atomic E-state index is 13.0. The summed E-state index contributed by atoms with van der Waals surface area (Å²) in [6, 6.07) is 20.2. The highest BCUT2D eigenvalue weighted by atomic mass is 19.1. The van der Waals surface area contributed by atoms with E-state index in [0.29, 0.717) is 55.3 Å². The average molecular weight is 463 g/mol. The Hall–Kier alpha value is -3.87. The Morgan fingerprint density at radius 1 is 0.971 bits per heavy atom. The number of nitrogens with zero attached hydrogens (tertiary/aromatic N) is 1. The summed E-state index contributed by atoms with van der Waals surface area (Å²) < 4.78 is 23.9. The first-order valence-electron chi connectivity index (χ1n) is 11.2. The van der Waals surface area contributed by atoms with Crippen LogP contribution in [0.4, 0.5) is 14.9 Å². The van der Waals surface area contributed by atoms with Crippen LogP contribution in [-0.4, -0.2) is 36.9 Å². The molecule has 34 heavy (non-hydrogen) atoms. The van der Waals surface area contributed by atoms with E-state index in [0.717, 1.165) is 5.56 Å². The Kier molecular flexibility index (Phi) is 7.42. The van der Waals surface area contributed by atoms with E-state index in [1.165, 1.54) is 12.1 Å². The summed E-state index contributed by atoms with van der Waals surface area (Å²) in [7, 11) is 1.59. The number of hydrogen-bond acceptors (Lipinski definition) is 4. The van der Waals surface area contributed by atoms with Gasteiger partial charge in [0.15, 0.2) is 5.78 Å². The number of amides is 2. The number of ether oxygens (including phenoxy) is 2. The highest BCUT2D eigenvalue weighted by Gasteiger charge is 2.28. The molecule has 3 aromatic rings. The Morgan fingerprint density at radius 2 is 1.68 bits per heavy atom. The molecular weight excluding hydrogens is 435 g/mol. The van der Waals surface area contributed by atoms with Gasteiger partial charge >= 0.3 is 6.03 Å². The van der Waals surface area contributed by atoms with Crippen LogP contribution in [0.5, 0.6) is 11.5 Å². The average Bonchev–Trinajstić information content (AvgIpc) is 2.88. The number of methoxy groups -OCH3 is 1. The van der Waals surface area contributed by atoms with Gasteiger partial charge in [0.2, 0.25) is 0 Å². The lowest BCUT2D eigenvalue weighted by atomic mass is 9.89. The molecule has 0 aliphatic carbocycles. The molecule has 0 aromatic heterocycles. The van der Waals surface area contributed by atoms with Crippen LogP contribution in [0.15, 0.2) is 72.8 Å². The minimum absolute atomic E-state index is 0.0966. The van der Waals surface area contributed by atoms with E-state index in [1.807, 2.05) is 0 Å². The molecule has 1 saturated heterocycles. The molecular formula is C27H27FN2O4. The molecule has 1 aliphatic rings. The minimum Gasteiger partial charge on any atom is -0.497 e. The summed E-state index contributed by atoms with van der Waals surface area (Å²) >= 11 is 0. The number of nitrogens with one attached hydrogen (secondary N) is 1. The standard InChI is InChI=1S/C27H27FN2O4/c1-33-24-11-7-20(8-12-24)26(31)21-13-15-30(16-14-21)27(32)29-23-3-2-4-25(17-23)34-18-19-5-9-22(28)10-6-19/h2-12,17,21H,13-16,18H2,1H3,(H,29,32). The van der Waals surface area contributed by atoms with Crippen molar-refractivity contribution in [2.45, 2.75) is 19.4 Å². The van der Waals surface area contributed by atoms with Gasteiger partial charge in [0.1, 0.15) is 23.9 Å². The van der Waals surface area contributed by atoms with Crippen molar-refractivity contribution in [1.29, 1.82) is 0 Å². The lowest BCUT2D eigenvalue weighted by Gasteiger charge is -2.31. The van der Waals surface area contributed by atoms with Gasteiger partial charge in [0.25, 0.3) is 0 Å². The number of halogens is 1. The molecule has 4 rings (SSSR count). The third kappa shape index (κ3) is 5.92. The van der Waals surface area contributed by atoms with E-state index < -0.39 is 0 Å². The van der Waals surface area contributed by atoms with Crippen LogP contribution < -0.4 is 14.8 Å². The van der Waals surface area contributed by atoms with Crippen molar-refractivity contribution in [1.82, 2.24) is 4.90 Å². The van der Waals surface area contributed by atoms with Gasteiger partial charge in [-0.15, -0.1) is 0 Å². The van der Waals surface area contributed by atoms with Crippen LogP contribution in [0.25, 0.3) is 0 Å². The van der Waals surface area contributed by atoms with E-state index in [1.54, 1.807) is 72.7 Å². The second kappa shape index (κ2) is 10.8. The lowest BCUT2D eigenvalue weighted by molar-refractivity contribution is 0.0859. The molecule has 0 bridgehead atoms. The number of carbonyl (C=O) groups is 2. The van der Waals surface area contributed by atoms with Crippen LogP contribution in [0.1, 0.15) is 28.8 Å². The predicted octanol–water partition coefficient (Wildman–Crippen LogP) is 5.54. The number of carbonyl (C=O) groups excluding carboxylic acids is 2. The molecule has 0 saturated carbocycles. The summed E-state index contributed by atoms with van der Waals surface area (Å²) in [5, 5.41) is 2.90. The zero-order valence-corrected chi connectivity index (χ0v) is 19.0. The molecule has 1 N–H and O–H groups in total. The van der Waals surface area contributed by atoms with E-state index >= 15 is 0 Å². The molecule has 6 nitrogen and oxygen atoms in total. The normalized spacial score (nSPS) is 13.9. The van der Waals surface area contributed by atoms with Crippen LogP contribution in [0.3, 0.4) is 0 Å². The molecule has 1 aliphatic heterocycles. The Balaban J connectivity index is 1.27. The number of ketones is 1. The number of anilines is 1. The number of urea groups is 1. The van der Waals surface area contributed by atoms with Gasteiger partial charge in [-0.05, 0) is 66.9 Å². The molecule has 3 aromatic carbocycles. The van der Waals surface area contributed by atoms with E-state index in [-0.39, 0.29) is 23.5 Å². The van der Waals surface area contributed by atoms with Crippen molar-refractivity contribution in [3.63, 3.8) is 0 Å². The number of Topliss-reactive ketones (excluding diaryl/α,β-unsaturated/α-hetero) is 1. The van der Waals surface area contributed by atoms with Crippen molar-refractivity contribution in [3.8, 4) is 11.5 Å². The van der Waals surface area contributed by atoms with E-state index in [9.17, 15) is 14.0 Å². The summed E-state index contributed by atoms with van der Waals surface area (Å²) in [6.45, 7) is 1.33. The first-order valence-corrected chi connectivity index (χ1v) is 11.2. The fraction of sp³-hybridized carbons (Fsp3) is 0.259. The van der Waals surface area contributed by atoms with Gasteiger partial charge in [-0.1, -0.05) is 18.2 Å². The highest BCUT2D eigenvalue weighted by molar-refractivity contribution is 5.98. The van der Waals surface area contributed by atoms with Crippen molar-refractivity contribution >= 4 is 17.5 Å². The maximum Gasteiger partial charge on any atom is 0.321 e. The zero-order chi connectivity index (χ0) is 23.9. The number of rotatable bonds is 7. The van der Waals surface area contributed by atoms with Crippen molar-refractivity contribution < 1.29 is 23.5 Å². The first kappa shape index (κ1) is 23.3. The fourth-order valence-electron chi connectivity index (χ4n) is 3.95. The monoisotopic (exact) mass is 462 g/mol. The number of benzene rings is 3. The quantitative estimate of drug-likeness (QED) is 0.468. The van der Waals surface area contributed by atoms with Gasteiger partial charge in [0.05, 0.1) is 7.11 Å². The van der Waals surface area contributed by atoms with Crippen molar-refractivity contribution in [2.24, 2.45) is 5.92 Å². The minimum atomic E-state index is -0.289. The smallest absolute Gasteiger partial charge is 0.321 e. The third-order valence-electron chi connectivity index (χ3n) is 5.93. The second-order valence-corrected chi connectivity index (χ2v) is 8.23. The molecule has 1 fully saturated rings. The molecule has 176 valence electrons.